The molecule has 3 aromatic carbocycles. The zero-order chi connectivity index (χ0) is 24.4. The first-order valence-corrected chi connectivity index (χ1v) is 11.2. The van der Waals surface area contributed by atoms with Crippen molar-refractivity contribution in [3.05, 3.63) is 89.2 Å². The van der Waals surface area contributed by atoms with Crippen LogP contribution in [-0.4, -0.2) is 24.3 Å². The Bertz CT molecular complexity index is 1310. The Balaban J connectivity index is 1.38. The number of hydrazone groups is 1. The molecule has 0 saturated heterocycles. The Morgan fingerprint density at radius 2 is 1.74 bits per heavy atom. The largest absolute Gasteiger partial charge is 0.454 e. The zero-order valence-corrected chi connectivity index (χ0v) is 18.9. The van der Waals surface area contributed by atoms with E-state index in [1.165, 1.54) is 6.07 Å². The summed E-state index contributed by atoms with van der Waals surface area (Å²) in [7, 11) is 0. The van der Waals surface area contributed by atoms with Crippen molar-refractivity contribution in [3.63, 3.8) is 0 Å². The van der Waals surface area contributed by atoms with Crippen LogP contribution in [-0.2, 0) is 9.59 Å². The first kappa shape index (κ1) is 22.4. The summed E-state index contributed by atoms with van der Waals surface area (Å²) >= 11 is 0. The number of amides is 2. The molecule has 35 heavy (non-hydrogen) atoms. The third-order valence-electron chi connectivity index (χ3n) is 5.98. The van der Waals surface area contributed by atoms with Crippen LogP contribution in [0.4, 0.5) is 10.1 Å². The molecule has 3 N–H and O–H groups in total. The predicted octanol–water partition coefficient (Wildman–Crippen LogP) is 3.81. The lowest BCUT2D eigenvalue weighted by Crippen LogP contribution is -2.39. The predicted molar refractivity (Wildman–Crippen MR) is 128 cm³/mol. The molecular weight excluding hydrogens is 451 g/mol. The lowest BCUT2D eigenvalue weighted by Gasteiger charge is -2.29. The number of fused-ring (bicyclic) bond motifs is 2. The second kappa shape index (κ2) is 9.46. The minimum atomic E-state index is -0.899. The number of carbonyl (C=O) groups excluding carboxylic acids is 2. The third kappa shape index (κ3) is 4.65. The number of anilines is 1. The van der Waals surface area contributed by atoms with Gasteiger partial charge in [0.25, 0.3) is 0 Å². The van der Waals surface area contributed by atoms with Gasteiger partial charge in [-0.15, -0.1) is 0 Å². The van der Waals surface area contributed by atoms with E-state index < -0.39 is 17.9 Å². The fourth-order valence-electron chi connectivity index (χ4n) is 4.15. The summed E-state index contributed by atoms with van der Waals surface area (Å²) in [4.78, 5) is 24.9. The van der Waals surface area contributed by atoms with Crippen LogP contribution in [0.25, 0.3) is 0 Å². The van der Waals surface area contributed by atoms with E-state index in [1.807, 2.05) is 30.3 Å². The van der Waals surface area contributed by atoms with Crippen LogP contribution >= 0.6 is 0 Å². The van der Waals surface area contributed by atoms with Gasteiger partial charge in [0.2, 0.25) is 6.79 Å². The van der Waals surface area contributed by atoms with E-state index in [9.17, 15) is 14.0 Å². The quantitative estimate of drug-likeness (QED) is 0.394. The number of rotatable bonds is 4. The molecule has 2 aliphatic rings. The van der Waals surface area contributed by atoms with E-state index in [4.69, 9.17) is 9.47 Å². The average Bonchev–Trinajstić information content (AvgIpc) is 3.33. The molecule has 0 fully saturated rings. The zero-order valence-electron chi connectivity index (χ0n) is 18.9. The molecule has 0 saturated carbocycles. The van der Waals surface area contributed by atoms with Crippen LogP contribution in [0.1, 0.15) is 42.1 Å². The van der Waals surface area contributed by atoms with Crippen LogP contribution < -0.4 is 25.5 Å². The van der Waals surface area contributed by atoms with Crippen LogP contribution in [0.3, 0.4) is 0 Å². The maximum atomic E-state index is 14.5. The average molecular weight is 474 g/mol. The van der Waals surface area contributed by atoms with Crippen molar-refractivity contribution in [1.82, 2.24) is 10.7 Å². The maximum Gasteiger partial charge on any atom is 0.329 e. The number of ether oxygens (including phenoxy) is 2. The molecule has 0 radical (unpaired) electrons. The van der Waals surface area contributed by atoms with Crippen molar-refractivity contribution >= 4 is 23.2 Å². The molecular formula is C26H23FN4O4. The third-order valence-corrected chi connectivity index (χ3v) is 5.98. The molecule has 0 bridgehead atoms. The summed E-state index contributed by atoms with van der Waals surface area (Å²) in [6, 6.07) is 18.5. The Hall–Kier alpha value is -4.40. The summed E-state index contributed by atoms with van der Waals surface area (Å²) in [5, 5.41) is 10.2. The summed E-state index contributed by atoms with van der Waals surface area (Å²) in [6.45, 7) is 1.88. The number of nitrogens with one attached hydrogen (secondary N) is 3. The number of halogens is 1. The Morgan fingerprint density at radius 3 is 2.51 bits per heavy atom. The SMILES string of the molecule is CC(NC(=O)C(=O)N/N=C1/C[C@H](c2ccccc2F)Nc2cc3c(cc21)OCO3)c1ccccc1. The van der Waals surface area contributed by atoms with Gasteiger partial charge < -0.3 is 20.1 Å². The minimum Gasteiger partial charge on any atom is -0.454 e. The van der Waals surface area contributed by atoms with E-state index in [0.717, 1.165) is 5.56 Å². The van der Waals surface area contributed by atoms with Gasteiger partial charge >= 0.3 is 11.8 Å². The minimum absolute atomic E-state index is 0.0952. The highest BCUT2D eigenvalue weighted by atomic mass is 19.1. The number of nitrogens with zero attached hydrogens (tertiary/aromatic N) is 1. The van der Waals surface area contributed by atoms with Crippen LogP contribution in [0, 0.1) is 5.82 Å². The second-order valence-electron chi connectivity index (χ2n) is 8.28. The van der Waals surface area contributed by atoms with Gasteiger partial charge in [0.1, 0.15) is 5.82 Å². The number of hydrogen-bond donors (Lipinski definition) is 3. The molecule has 0 spiro atoms. The highest BCUT2D eigenvalue weighted by Gasteiger charge is 2.29. The van der Waals surface area contributed by atoms with E-state index in [0.29, 0.717) is 34.0 Å². The monoisotopic (exact) mass is 474 g/mol. The van der Waals surface area contributed by atoms with Crippen molar-refractivity contribution in [2.45, 2.75) is 25.4 Å². The fraction of sp³-hybridized carbons (Fsp3) is 0.192. The van der Waals surface area contributed by atoms with Crippen molar-refractivity contribution < 1.29 is 23.5 Å². The summed E-state index contributed by atoms with van der Waals surface area (Å²) in [5.74, 6) is -0.960. The Kier molecular flexibility index (Phi) is 6.05. The molecule has 2 heterocycles. The van der Waals surface area contributed by atoms with Gasteiger partial charge in [-0.05, 0) is 24.6 Å². The lowest BCUT2D eigenvalue weighted by atomic mass is 9.91. The standard InChI is InChI=1S/C26H23FN4O4/c1-15(16-7-3-2-4-8-16)28-25(32)26(33)31-30-22-12-20(17-9-5-6-10-19(17)27)29-21-13-24-23(11-18(21)22)34-14-35-24/h2-11,13,15,20,29H,12,14H2,1H3,(H,28,32)(H,31,33)/b30-22-/t15?,20-/m1/s1. The van der Waals surface area contributed by atoms with Crippen molar-refractivity contribution in [2.75, 3.05) is 12.1 Å². The van der Waals surface area contributed by atoms with Crippen LogP contribution in [0.15, 0.2) is 71.8 Å². The Morgan fingerprint density at radius 1 is 1.03 bits per heavy atom. The van der Waals surface area contributed by atoms with E-state index >= 15 is 0 Å². The van der Waals surface area contributed by atoms with Crippen molar-refractivity contribution in [3.8, 4) is 11.5 Å². The Labute approximate surface area is 201 Å². The molecule has 3 aromatic rings. The molecule has 2 amide bonds. The molecule has 2 aliphatic heterocycles. The van der Waals surface area contributed by atoms with E-state index in [1.54, 1.807) is 37.3 Å². The highest BCUT2D eigenvalue weighted by molar-refractivity contribution is 6.35. The van der Waals surface area contributed by atoms with E-state index in [2.05, 4.69) is 21.2 Å². The summed E-state index contributed by atoms with van der Waals surface area (Å²) in [5.41, 5.74) is 5.48. The molecule has 0 aliphatic carbocycles. The van der Waals surface area contributed by atoms with Crippen molar-refractivity contribution in [2.24, 2.45) is 5.10 Å². The van der Waals surface area contributed by atoms with Gasteiger partial charge in [0.15, 0.2) is 11.5 Å². The van der Waals surface area contributed by atoms with Crippen LogP contribution in [0.2, 0.25) is 0 Å². The van der Waals surface area contributed by atoms with Gasteiger partial charge in [0, 0.05) is 29.3 Å². The van der Waals surface area contributed by atoms with Gasteiger partial charge in [-0.1, -0.05) is 48.5 Å². The molecule has 5 rings (SSSR count). The molecule has 0 aromatic heterocycles. The van der Waals surface area contributed by atoms with Gasteiger partial charge in [0.05, 0.1) is 17.8 Å². The lowest BCUT2D eigenvalue weighted by molar-refractivity contribution is -0.139. The normalized spacial score (nSPS) is 17.8. The summed E-state index contributed by atoms with van der Waals surface area (Å²) < 4.78 is 25.5. The van der Waals surface area contributed by atoms with Crippen molar-refractivity contribution in [1.29, 1.82) is 0 Å². The molecule has 1 unspecified atom stereocenters. The molecule has 2 atom stereocenters. The molecule has 178 valence electrons. The fourth-order valence-corrected chi connectivity index (χ4v) is 4.15. The summed E-state index contributed by atoms with van der Waals surface area (Å²) in [6.07, 6.45) is 0.274. The van der Waals surface area contributed by atoms with Gasteiger partial charge in [-0.3, -0.25) is 9.59 Å². The van der Waals surface area contributed by atoms with E-state index in [-0.39, 0.29) is 25.1 Å². The van der Waals surface area contributed by atoms with Crippen LogP contribution in [0.5, 0.6) is 11.5 Å². The number of benzene rings is 3. The van der Waals surface area contributed by atoms with Gasteiger partial charge in [-0.2, -0.15) is 5.10 Å². The molecule has 8 nitrogen and oxygen atoms in total. The highest BCUT2D eigenvalue weighted by Crippen LogP contribution is 2.42. The number of hydrogen-bond acceptors (Lipinski definition) is 6. The molecule has 9 heteroatoms. The number of carbonyl (C=O) groups is 2. The second-order valence-corrected chi connectivity index (χ2v) is 8.28. The first-order chi connectivity index (χ1) is 17.0. The topological polar surface area (TPSA) is 101 Å². The maximum absolute atomic E-state index is 14.5. The first-order valence-electron chi connectivity index (χ1n) is 11.2. The smallest absolute Gasteiger partial charge is 0.329 e. The van der Waals surface area contributed by atoms with Gasteiger partial charge in [-0.25, -0.2) is 9.82 Å².